The van der Waals surface area contributed by atoms with Crippen molar-refractivity contribution in [1.29, 1.82) is 0 Å². The minimum absolute atomic E-state index is 0.153. The van der Waals surface area contributed by atoms with Crippen molar-refractivity contribution in [3.05, 3.63) is 71.3 Å². The highest BCUT2D eigenvalue weighted by Gasteiger charge is 2.48. The van der Waals surface area contributed by atoms with E-state index in [9.17, 15) is 24.1 Å². The summed E-state index contributed by atoms with van der Waals surface area (Å²) in [7, 11) is 0. The van der Waals surface area contributed by atoms with Gasteiger partial charge in [-0.15, -0.1) is 0 Å². The second-order valence-electron chi connectivity index (χ2n) is 5.10. The number of halogens is 2. The monoisotopic (exact) mass is 294 g/mol. The van der Waals surface area contributed by atoms with Crippen molar-refractivity contribution >= 4 is 0 Å². The first-order valence-corrected chi connectivity index (χ1v) is 6.39. The molecule has 0 bridgehead atoms. The van der Waals surface area contributed by atoms with Crippen LogP contribution in [0.5, 0.6) is 0 Å². The molecule has 0 saturated carbocycles. The zero-order valence-electron chi connectivity index (χ0n) is 11.4. The van der Waals surface area contributed by atoms with Crippen molar-refractivity contribution in [3.63, 3.8) is 0 Å². The maximum absolute atomic E-state index is 13.0. The molecule has 0 radical (unpaired) electrons. The lowest BCUT2D eigenvalue weighted by molar-refractivity contribution is -0.176. The number of benzene rings is 2. The molecule has 2 aromatic rings. The smallest absolute Gasteiger partial charge is 0.145 e. The lowest BCUT2D eigenvalue weighted by Crippen LogP contribution is -2.50. The Morgan fingerprint density at radius 2 is 1.19 bits per heavy atom. The Kier molecular flexibility index (Phi) is 4.09. The predicted molar refractivity (Wildman–Crippen MR) is 73.4 cm³/mol. The molecule has 0 aliphatic rings. The van der Waals surface area contributed by atoms with Gasteiger partial charge in [0.1, 0.15) is 22.8 Å². The average Bonchev–Trinajstić information content (AvgIpc) is 2.47. The molecule has 0 unspecified atom stereocenters. The van der Waals surface area contributed by atoms with Gasteiger partial charge in [0.2, 0.25) is 0 Å². The van der Waals surface area contributed by atoms with E-state index in [-0.39, 0.29) is 11.1 Å². The van der Waals surface area contributed by atoms with Gasteiger partial charge in [0.05, 0.1) is 6.61 Å². The molecule has 2 aromatic carbocycles. The van der Waals surface area contributed by atoms with Crippen molar-refractivity contribution in [2.75, 3.05) is 6.61 Å². The fraction of sp³-hybridized carbons (Fsp3) is 0.250. The SMILES string of the molecule is C[C@@](O)(c1ccc(F)cc1)[C@@](O)(CO)c1ccc(F)cc1. The zero-order valence-corrected chi connectivity index (χ0v) is 11.4. The number of aliphatic hydroxyl groups excluding tert-OH is 1. The number of hydrogen-bond acceptors (Lipinski definition) is 3. The second-order valence-corrected chi connectivity index (χ2v) is 5.10. The summed E-state index contributed by atoms with van der Waals surface area (Å²) in [5, 5.41) is 31.0. The third-order valence-corrected chi connectivity index (χ3v) is 3.76. The molecule has 112 valence electrons. The molecule has 0 aliphatic carbocycles. The summed E-state index contributed by atoms with van der Waals surface area (Å²) in [6.07, 6.45) is 0. The van der Waals surface area contributed by atoms with Crippen molar-refractivity contribution in [2.24, 2.45) is 0 Å². The van der Waals surface area contributed by atoms with E-state index in [1.807, 2.05) is 0 Å². The van der Waals surface area contributed by atoms with E-state index in [1.165, 1.54) is 31.2 Å². The molecule has 0 amide bonds. The Morgan fingerprint density at radius 3 is 1.57 bits per heavy atom. The van der Waals surface area contributed by atoms with E-state index < -0.39 is 29.4 Å². The Bertz CT molecular complexity index is 608. The van der Waals surface area contributed by atoms with Gasteiger partial charge in [-0.25, -0.2) is 8.78 Å². The Hall–Kier alpha value is -1.82. The minimum Gasteiger partial charge on any atom is -0.393 e. The van der Waals surface area contributed by atoms with Crippen LogP contribution in [-0.4, -0.2) is 21.9 Å². The van der Waals surface area contributed by atoms with E-state index in [0.717, 1.165) is 24.3 Å². The first kappa shape index (κ1) is 15.6. The topological polar surface area (TPSA) is 60.7 Å². The molecule has 2 atom stereocenters. The summed E-state index contributed by atoms with van der Waals surface area (Å²) < 4.78 is 26.0. The second kappa shape index (κ2) is 5.52. The molecular formula is C16H16F2O3. The van der Waals surface area contributed by atoms with Gasteiger partial charge in [-0.2, -0.15) is 0 Å². The molecule has 0 saturated heterocycles. The average molecular weight is 294 g/mol. The highest BCUT2D eigenvalue weighted by Crippen LogP contribution is 2.40. The fourth-order valence-electron chi connectivity index (χ4n) is 2.27. The zero-order chi connectivity index (χ0) is 15.7. The minimum atomic E-state index is -2.06. The van der Waals surface area contributed by atoms with Crippen molar-refractivity contribution in [1.82, 2.24) is 0 Å². The Morgan fingerprint density at radius 1 is 0.810 bits per heavy atom. The first-order chi connectivity index (χ1) is 9.81. The predicted octanol–water partition coefficient (Wildman–Crippen LogP) is 2.05. The number of hydrogen-bond donors (Lipinski definition) is 3. The highest BCUT2D eigenvalue weighted by molar-refractivity contribution is 5.33. The molecule has 2 rings (SSSR count). The van der Waals surface area contributed by atoms with Crippen LogP contribution in [0.3, 0.4) is 0 Å². The molecule has 0 aromatic heterocycles. The van der Waals surface area contributed by atoms with Crippen molar-refractivity contribution in [2.45, 2.75) is 18.1 Å². The van der Waals surface area contributed by atoms with Crippen LogP contribution >= 0.6 is 0 Å². The third kappa shape index (κ3) is 2.68. The van der Waals surface area contributed by atoms with Crippen molar-refractivity contribution < 1.29 is 24.1 Å². The summed E-state index contributed by atoms with van der Waals surface area (Å²) in [5.41, 5.74) is -3.57. The highest BCUT2D eigenvalue weighted by atomic mass is 19.1. The quantitative estimate of drug-likeness (QED) is 0.809. The summed E-state index contributed by atoms with van der Waals surface area (Å²) in [6.45, 7) is 0.517. The molecule has 0 spiro atoms. The van der Waals surface area contributed by atoms with Crippen molar-refractivity contribution in [3.8, 4) is 0 Å². The van der Waals surface area contributed by atoms with Gasteiger partial charge in [0.25, 0.3) is 0 Å². The first-order valence-electron chi connectivity index (χ1n) is 6.39. The van der Waals surface area contributed by atoms with E-state index in [0.29, 0.717) is 0 Å². The molecule has 3 N–H and O–H groups in total. The van der Waals surface area contributed by atoms with Crippen LogP contribution in [0.2, 0.25) is 0 Å². The molecular weight excluding hydrogens is 278 g/mol. The maximum Gasteiger partial charge on any atom is 0.145 e. The van der Waals surface area contributed by atoms with Crippen LogP contribution < -0.4 is 0 Å². The maximum atomic E-state index is 13.0. The molecule has 0 fully saturated rings. The number of rotatable bonds is 4. The van der Waals surface area contributed by atoms with E-state index >= 15 is 0 Å². The Balaban J connectivity index is 2.51. The molecule has 5 heteroatoms. The number of aliphatic hydroxyl groups is 3. The van der Waals surface area contributed by atoms with Crippen LogP contribution in [0.15, 0.2) is 48.5 Å². The lowest BCUT2D eigenvalue weighted by atomic mass is 9.75. The van der Waals surface area contributed by atoms with Crippen LogP contribution in [0.4, 0.5) is 8.78 Å². The van der Waals surface area contributed by atoms with Gasteiger partial charge >= 0.3 is 0 Å². The Labute approximate surface area is 121 Å². The molecule has 0 aliphatic heterocycles. The van der Waals surface area contributed by atoms with E-state index in [1.54, 1.807) is 0 Å². The standard InChI is InChI=1S/C16H16F2O3/c1-15(20,11-2-6-13(17)7-3-11)16(21,10-19)12-4-8-14(18)9-5-12/h2-9,19-21H,10H2,1H3/t15-,16-/m1/s1. The van der Waals surface area contributed by atoms with Gasteiger partial charge < -0.3 is 15.3 Å². The van der Waals surface area contributed by atoms with Gasteiger partial charge in [-0.3, -0.25) is 0 Å². The van der Waals surface area contributed by atoms with Crippen LogP contribution in [0, 0.1) is 11.6 Å². The molecule has 0 heterocycles. The summed E-state index contributed by atoms with van der Waals surface area (Å²) in [4.78, 5) is 0. The summed E-state index contributed by atoms with van der Waals surface area (Å²) >= 11 is 0. The summed E-state index contributed by atoms with van der Waals surface area (Å²) in [6, 6.07) is 9.73. The third-order valence-electron chi connectivity index (χ3n) is 3.76. The largest absolute Gasteiger partial charge is 0.393 e. The fourth-order valence-corrected chi connectivity index (χ4v) is 2.27. The van der Waals surface area contributed by atoms with Gasteiger partial charge in [0.15, 0.2) is 0 Å². The molecule has 3 nitrogen and oxygen atoms in total. The van der Waals surface area contributed by atoms with Gasteiger partial charge in [-0.1, -0.05) is 24.3 Å². The summed E-state index contributed by atoms with van der Waals surface area (Å²) in [5.74, 6) is -0.982. The van der Waals surface area contributed by atoms with E-state index in [2.05, 4.69) is 0 Å². The molecule has 21 heavy (non-hydrogen) atoms. The lowest BCUT2D eigenvalue weighted by Gasteiger charge is -2.40. The normalized spacial score (nSPS) is 17.0. The van der Waals surface area contributed by atoms with Crippen LogP contribution in [-0.2, 0) is 11.2 Å². The van der Waals surface area contributed by atoms with Crippen LogP contribution in [0.25, 0.3) is 0 Å². The van der Waals surface area contributed by atoms with Gasteiger partial charge in [-0.05, 0) is 42.3 Å². The van der Waals surface area contributed by atoms with Gasteiger partial charge in [0, 0.05) is 0 Å². The van der Waals surface area contributed by atoms with E-state index in [4.69, 9.17) is 0 Å². The van der Waals surface area contributed by atoms with Crippen LogP contribution in [0.1, 0.15) is 18.1 Å².